The van der Waals surface area contributed by atoms with Crippen LogP contribution in [0.15, 0.2) is 24.5 Å². The Balaban J connectivity index is 1.78. The molecule has 1 fully saturated rings. The monoisotopic (exact) mass is 271 g/mol. The fraction of sp³-hybridized carbons (Fsp3) is 0.500. The van der Waals surface area contributed by atoms with Crippen molar-refractivity contribution in [2.45, 2.75) is 39.0 Å². The zero-order valence-electron chi connectivity index (χ0n) is 12.2. The molecule has 2 aromatic rings. The molecule has 20 heavy (non-hydrogen) atoms. The molecule has 0 aromatic carbocycles. The molecule has 3 heterocycles. The molecule has 0 atom stereocenters. The van der Waals surface area contributed by atoms with Gasteiger partial charge in [0.15, 0.2) is 0 Å². The molecule has 0 radical (unpaired) electrons. The lowest BCUT2D eigenvalue weighted by Crippen LogP contribution is -2.37. The quantitative estimate of drug-likeness (QED) is 0.842. The first kappa shape index (κ1) is 13.2. The van der Waals surface area contributed by atoms with Crippen molar-refractivity contribution in [3.63, 3.8) is 0 Å². The molecule has 1 aliphatic rings. The molecule has 1 saturated heterocycles. The molecule has 0 spiro atoms. The van der Waals surface area contributed by atoms with E-state index >= 15 is 0 Å². The molecule has 106 valence electrons. The Hall–Kier alpha value is -1.84. The SMILES string of the molecule is CCC(=O)N1CCC(c2cn3cccc3c(C)n2)CC1. The van der Waals surface area contributed by atoms with Gasteiger partial charge in [0.2, 0.25) is 5.91 Å². The second-order valence-corrected chi connectivity index (χ2v) is 5.56. The number of carbonyl (C=O) groups excluding carboxylic acids is 1. The maximum Gasteiger partial charge on any atom is 0.222 e. The van der Waals surface area contributed by atoms with Crippen molar-refractivity contribution in [3.05, 3.63) is 35.9 Å². The van der Waals surface area contributed by atoms with Crippen LogP contribution in [0.1, 0.15) is 43.5 Å². The maximum atomic E-state index is 11.7. The third-order valence-corrected chi connectivity index (χ3v) is 4.29. The molecular weight excluding hydrogens is 250 g/mol. The molecule has 0 N–H and O–H groups in total. The van der Waals surface area contributed by atoms with Crippen LogP contribution in [0.5, 0.6) is 0 Å². The number of piperidine rings is 1. The number of fused-ring (bicyclic) bond motifs is 1. The summed E-state index contributed by atoms with van der Waals surface area (Å²) in [7, 11) is 0. The number of hydrogen-bond acceptors (Lipinski definition) is 2. The lowest BCUT2D eigenvalue weighted by atomic mass is 9.93. The van der Waals surface area contributed by atoms with Crippen LogP contribution in [0, 0.1) is 6.92 Å². The van der Waals surface area contributed by atoms with Gasteiger partial charge in [-0.3, -0.25) is 9.78 Å². The van der Waals surface area contributed by atoms with E-state index in [-0.39, 0.29) is 5.91 Å². The van der Waals surface area contributed by atoms with E-state index in [9.17, 15) is 4.79 Å². The van der Waals surface area contributed by atoms with Crippen LogP contribution in [-0.4, -0.2) is 33.3 Å². The van der Waals surface area contributed by atoms with E-state index in [1.165, 1.54) is 5.52 Å². The maximum absolute atomic E-state index is 11.7. The molecule has 1 amide bonds. The van der Waals surface area contributed by atoms with Crippen molar-refractivity contribution in [2.24, 2.45) is 0 Å². The van der Waals surface area contributed by atoms with Crippen molar-refractivity contribution < 1.29 is 4.79 Å². The van der Waals surface area contributed by atoms with Crippen molar-refractivity contribution >= 4 is 11.4 Å². The number of aryl methyl sites for hydroxylation is 1. The fourth-order valence-corrected chi connectivity index (χ4v) is 3.08. The summed E-state index contributed by atoms with van der Waals surface area (Å²) in [6, 6.07) is 4.14. The van der Waals surface area contributed by atoms with Gasteiger partial charge in [0.05, 0.1) is 16.9 Å². The minimum absolute atomic E-state index is 0.272. The van der Waals surface area contributed by atoms with Crippen molar-refractivity contribution in [3.8, 4) is 0 Å². The second kappa shape index (κ2) is 5.27. The minimum Gasteiger partial charge on any atom is -0.343 e. The third kappa shape index (κ3) is 2.30. The average molecular weight is 271 g/mol. The highest BCUT2D eigenvalue weighted by atomic mass is 16.2. The highest BCUT2D eigenvalue weighted by Gasteiger charge is 2.24. The van der Waals surface area contributed by atoms with E-state index in [0.29, 0.717) is 12.3 Å². The van der Waals surface area contributed by atoms with Gasteiger partial charge in [-0.1, -0.05) is 6.92 Å². The number of hydrogen-bond donors (Lipinski definition) is 0. The number of likely N-dealkylation sites (tertiary alicyclic amines) is 1. The lowest BCUT2D eigenvalue weighted by Gasteiger charge is -2.31. The Morgan fingerprint density at radius 2 is 2.15 bits per heavy atom. The zero-order valence-corrected chi connectivity index (χ0v) is 12.2. The molecule has 1 aliphatic heterocycles. The standard InChI is InChI=1S/C16H21N3O/c1-3-16(20)18-9-6-13(7-10-18)14-11-19-8-4-5-15(19)12(2)17-14/h4-5,8,11,13H,3,6-7,9-10H2,1-2H3. The Morgan fingerprint density at radius 1 is 1.40 bits per heavy atom. The summed E-state index contributed by atoms with van der Waals surface area (Å²) in [6.07, 6.45) is 6.86. The van der Waals surface area contributed by atoms with E-state index < -0.39 is 0 Å². The van der Waals surface area contributed by atoms with Crippen molar-refractivity contribution in [1.29, 1.82) is 0 Å². The molecule has 0 unspecified atom stereocenters. The Kier molecular flexibility index (Phi) is 3.47. The summed E-state index contributed by atoms with van der Waals surface area (Å²) in [5, 5.41) is 0. The van der Waals surface area contributed by atoms with Crippen molar-refractivity contribution in [1.82, 2.24) is 14.3 Å². The van der Waals surface area contributed by atoms with Gasteiger partial charge in [-0.05, 0) is 31.9 Å². The predicted molar refractivity (Wildman–Crippen MR) is 78.8 cm³/mol. The molecular formula is C16H21N3O. The second-order valence-electron chi connectivity index (χ2n) is 5.56. The summed E-state index contributed by atoms with van der Waals surface area (Å²) in [5.74, 6) is 0.745. The average Bonchev–Trinajstić information content (AvgIpc) is 2.95. The molecule has 0 bridgehead atoms. The van der Waals surface area contributed by atoms with Crippen LogP contribution in [0.25, 0.3) is 5.52 Å². The summed E-state index contributed by atoms with van der Waals surface area (Å²) in [5.41, 5.74) is 3.42. The fourth-order valence-electron chi connectivity index (χ4n) is 3.08. The minimum atomic E-state index is 0.272. The van der Waals surface area contributed by atoms with Gasteiger partial charge in [-0.2, -0.15) is 0 Å². The van der Waals surface area contributed by atoms with E-state index in [1.54, 1.807) is 0 Å². The smallest absolute Gasteiger partial charge is 0.222 e. The van der Waals surface area contributed by atoms with Gasteiger partial charge in [0.1, 0.15) is 0 Å². The molecule has 4 nitrogen and oxygen atoms in total. The van der Waals surface area contributed by atoms with Crippen LogP contribution in [0.2, 0.25) is 0 Å². The van der Waals surface area contributed by atoms with E-state index in [2.05, 4.69) is 35.9 Å². The largest absolute Gasteiger partial charge is 0.343 e. The van der Waals surface area contributed by atoms with Gasteiger partial charge in [0, 0.05) is 37.8 Å². The Labute approximate surface area is 119 Å². The van der Waals surface area contributed by atoms with Crippen LogP contribution < -0.4 is 0 Å². The number of aromatic nitrogens is 2. The number of carbonyl (C=O) groups is 1. The molecule has 4 heteroatoms. The predicted octanol–water partition coefficient (Wildman–Crippen LogP) is 2.76. The van der Waals surface area contributed by atoms with Gasteiger partial charge in [-0.15, -0.1) is 0 Å². The highest BCUT2D eigenvalue weighted by molar-refractivity contribution is 5.75. The summed E-state index contributed by atoms with van der Waals surface area (Å²) >= 11 is 0. The third-order valence-electron chi connectivity index (χ3n) is 4.29. The summed E-state index contributed by atoms with van der Waals surface area (Å²) in [4.78, 5) is 18.5. The summed E-state index contributed by atoms with van der Waals surface area (Å²) < 4.78 is 2.15. The van der Waals surface area contributed by atoms with E-state index in [1.807, 2.05) is 11.8 Å². The van der Waals surface area contributed by atoms with Gasteiger partial charge in [0.25, 0.3) is 0 Å². The summed E-state index contributed by atoms with van der Waals surface area (Å²) in [6.45, 7) is 5.72. The van der Waals surface area contributed by atoms with Gasteiger partial charge < -0.3 is 9.30 Å². The normalized spacial score (nSPS) is 16.8. The van der Waals surface area contributed by atoms with Gasteiger partial charge in [-0.25, -0.2) is 0 Å². The lowest BCUT2D eigenvalue weighted by molar-refractivity contribution is -0.131. The Morgan fingerprint density at radius 3 is 2.85 bits per heavy atom. The van der Waals surface area contributed by atoms with Crippen molar-refractivity contribution in [2.75, 3.05) is 13.1 Å². The number of rotatable bonds is 2. The number of nitrogens with zero attached hydrogens (tertiary/aromatic N) is 3. The Bertz CT molecular complexity index is 624. The van der Waals surface area contributed by atoms with Crippen LogP contribution in [-0.2, 0) is 4.79 Å². The topological polar surface area (TPSA) is 37.6 Å². The van der Waals surface area contributed by atoms with Crippen LogP contribution >= 0.6 is 0 Å². The first-order valence-corrected chi connectivity index (χ1v) is 7.41. The zero-order chi connectivity index (χ0) is 14.1. The molecule has 0 saturated carbocycles. The number of amides is 1. The van der Waals surface area contributed by atoms with Crippen LogP contribution in [0.3, 0.4) is 0 Å². The molecule has 2 aromatic heterocycles. The molecule has 0 aliphatic carbocycles. The molecule has 3 rings (SSSR count). The highest BCUT2D eigenvalue weighted by Crippen LogP contribution is 2.27. The van der Waals surface area contributed by atoms with E-state index in [0.717, 1.165) is 37.3 Å². The first-order valence-electron chi connectivity index (χ1n) is 7.41. The van der Waals surface area contributed by atoms with E-state index in [4.69, 9.17) is 4.98 Å². The van der Waals surface area contributed by atoms with Gasteiger partial charge >= 0.3 is 0 Å². The van der Waals surface area contributed by atoms with Crippen LogP contribution in [0.4, 0.5) is 0 Å². The first-order chi connectivity index (χ1) is 9.69.